The zero-order valence-corrected chi connectivity index (χ0v) is 26.8. The molecule has 1 amide bonds. The van der Waals surface area contributed by atoms with Crippen LogP contribution in [0.25, 0.3) is 11.2 Å². The summed E-state index contributed by atoms with van der Waals surface area (Å²) in [4.78, 5) is 27.2. The van der Waals surface area contributed by atoms with Gasteiger partial charge >= 0.3 is 0 Å². The highest BCUT2D eigenvalue weighted by Gasteiger charge is 2.53. The third-order valence-corrected chi connectivity index (χ3v) is 9.23. The quantitative estimate of drug-likeness (QED) is 0.186. The molecule has 2 N–H and O–H groups in total. The van der Waals surface area contributed by atoms with Crippen LogP contribution in [0.1, 0.15) is 51.6 Å². The van der Waals surface area contributed by atoms with Gasteiger partial charge in [0.25, 0.3) is 5.91 Å². The lowest BCUT2D eigenvalue weighted by atomic mass is 9.79. The van der Waals surface area contributed by atoms with Gasteiger partial charge in [0.05, 0.1) is 20.3 Å². The number of carbonyl (C=O) groups is 1. The molecule has 0 radical (unpaired) electrons. The van der Waals surface area contributed by atoms with Gasteiger partial charge in [-0.15, -0.1) is 0 Å². The maximum absolute atomic E-state index is 13.2. The number of methoxy groups -OCH3 is 2. The van der Waals surface area contributed by atoms with Gasteiger partial charge in [0, 0.05) is 12.0 Å². The van der Waals surface area contributed by atoms with Gasteiger partial charge in [-0.25, -0.2) is 15.0 Å². The second-order valence-corrected chi connectivity index (χ2v) is 12.0. The van der Waals surface area contributed by atoms with Gasteiger partial charge in [0.15, 0.2) is 17.0 Å². The predicted molar refractivity (Wildman–Crippen MR) is 180 cm³/mol. The Morgan fingerprint density at radius 1 is 0.837 bits per heavy atom. The lowest BCUT2D eigenvalue weighted by Gasteiger charge is -2.41. The minimum absolute atomic E-state index is 0.260. The maximum atomic E-state index is 13.2. The molecule has 6 aromatic rings. The van der Waals surface area contributed by atoms with Crippen LogP contribution >= 0.6 is 0 Å². The van der Waals surface area contributed by atoms with E-state index in [1.807, 2.05) is 89.5 Å². The number of hydrogen-bond acceptors (Lipinski definition) is 9. The van der Waals surface area contributed by atoms with Crippen molar-refractivity contribution in [2.45, 2.75) is 36.6 Å². The number of carbonyl (C=O) groups excluding carboxylic acids is 1. The predicted octanol–water partition coefficient (Wildman–Crippen LogP) is 5.81. The van der Waals surface area contributed by atoms with Crippen molar-refractivity contribution < 1.29 is 28.8 Å². The SMILES string of the molecule is COc1ccc(C(O[C@H]2c3nc4c(NC(=O)c5ccccc5)ncnc4n3[C@H]3C[C@H](O)[C@@H]2O3)(c2ccccc2)c2ccc(OC)cc2)cc1. The molecule has 11 heteroatoms. The normalized spacial score (nSPS) is 19.7. The number of aliphatic hydroxyl groups is 1. The zero-order valence-electron chi connectivity index (χ0n) is 26.8. The Bertz CT molecular complexity index is 2060. The van der Waals surface area contributed by atoms with E-state index >= 15 is 0 Å². The Kier molecular flexibility index (Phi) is 7.79. The van der Waals surface area contributed by atoms with E-state index in [1.165, 1.54) is 6.33 Å². The molecule has 0 aliphatic carbocycles. The van der Waals surface area contributed by atoms with Crippen LogP contribution in [0.3, 0.4) is 0 Å². The topological polar surface area (TPSA) is 130 Å². The molecule has 246 valence electrons. The lowest BCUT2D eigenvalue weighted by molar-refractivity contribution is -0.168. The standard InChI is InChI=1S/C38H33N5O6/c1-46-27-17-13-25(14-18-27)38(24-11-7-4-8-12-24,26-15-19-28(47-2)20-16-26)49-33-32-29(44)21-30(48-32)43-35-31(41-36(33)43)34(39-22-40-35)42-37(45)23-9-5-3-6-10-23/h3-20,22,29-30,32-33,44H,21H2,1-2H3,(H,39,40,42,45)/t29-,30+,32-,33+/m0/s1. The van der Waals surface area contributed by atoms with Crippen molar-refractivity contribution in [1.82, 2.24) is 19.5 Å². The number of aliphatic hydroxyl groups excluding tert-OH is 1. The summed E-state index contributed by atoms with van der Waals surface area (Å²) in [6.45, 7) is 0. The molecule has 0 unspecified atom stereocenters. The number of benzene rings is 4. The Balaban J connectivity index is 1.31. The van der Waals surface area contributed by atoms with Crippen LogP contribution in [0, 0.1) is 0 Å². The Labute approximate surface area is 282 Å². The average Bonchev–Trinajstić information content (AvgIpc) is 3.72. The smallest absolute Gasteiger partial charge is 0.256 e. The summed E-state index contributed by atoms with van der Waals surface area (Å²) in [7, 11) is 3.25. The first-order chi connectivity index (χ1) is 24.0. The summed E-state index contributed by atoms with van der Waals surface area (Å²) in [6, 6.07) is 34.3. The van der Waals surface area contributed by atoms with Crippen molar-refractivity contribution in [2.75, 3.05) is 19.5 Å². The Hall–Kier alpha value is -5.62. The number of nitrogens with one attached hydrogen (secondary N) is 1. The van der Waals surface area contributed by atoms with Gasteiger partial charge in [-0.1, -0.05) is 72.8 Å². The number of fused-ring (bicyclic) bond motifs is 6. The largest absolute Gasteiger partial charge is 0.497 e. The molecule has 2 aromatic heterocycles. The van der Waals surface area contributed by atoms with Crippen molar-refractivity contribution >= 4 is 22.9 Å². The molecule has 2 aliphatic rings. The van der Waals surface area contributed by atoms with E-state index in [0.717, 1.165) is 16.7 Å². The first kappa shape index (κ1) is 30.7. The first-order valence-electron chi connectivity index (χ1n) is 16.0. The highest BCUT2D eigenvalue weighted by Crippen LogP contribution is 2.51. The van der Waals surface area contributed by atoms with E-state index in [-0.39, 0.29) is 11.7 Å². The van der Waals surface area contributed by atoms with E-state index in [9.17, 15) is 9.90 Å². The molecule has 0 spiro atoms. The summed E-state index contributed by atoms with van der Waals surface area (Å²) < 4.78 is 26.8. The van der Waals surface area contributed by atoms with Gasteiger partial charge in [0.2, 0.25) is 0 Å². The zero-order chi connectivity index (χ0) is 33.5. The molecule has 2 aliphatic heterocycles. The number of nitrogens with zero attached hydrogens (tertiary/aromatic N) is 4. The van der Waals surface area contributed by atoms with E-state index in [1.54, 1.807) is 38.5 Å². The fourth-order valence-corrected chi connectivity index (χ4v) is 6.86. The van der Waals surface area contributed by atoms with Crippen LogP contribution in [0.15, 0.2) is 116 Å². The van der Waals surface area contributed by atoms with Crippen LogP contribution in [0.2, 0.25) is 0 Å². The molecule has 1 fully saturated rings. The molecule has 49 heavy (non-hydrogen) atoms. The summed E-state index contributed by atoms with van der Waals surface area (Å²) in [5, 5.41) is 14.3. The third kappa shape index (κ3) is 5.19. The molecular formula is C38H33N5O6. The van der Waals surface area contributed by atoms with Crippen molar-refractivity contribution in [3.63, 3.8) is 0 Å². The molecule has 4 atom stereocenters. The molecule has 0 saturated carbocycles. The number of imidazole rings is 1. The van der Waals surface area contributed by atoms with Crippen molar-refractivity contribution in [1.29, 1.82) is 0 Å². The Morgan fingerprint density at radius 2 is 1.43 bits per heavy atom. The van der Waals surface area contributed by atoms with Crippen LogP contribution in [0.4, 0.5) is 5.82 Å². The van der Waals surface area contributed by atoms with Gasteiger partial charge in [-0.3, -0.25) is 9.36 Å². The first-order valence-corrected chi connectivity index (χ1v) is 16.0. The molecule has 2 bridgehead atoms. The van der Waals surface area contributed by atoms with Crippen LogP contribution in [0.5, 0.6) is 11.5 Å². The van der Waals surface area contributed by atoms with Crippen LogP contribution in [-0.2, 0) is 15.1 Å². The number of aromatic nitrogens is 4. The molecule has 1 saturated heterocycles. The third-order valence-electron chi connectivity index (χ3n) is 9.23. The van der Waals surface area contributed by atoms with E-state index in [0.29, 0.717) is 40.5 Å². The van der Waals surface area contributed by atoms with Crippen molar-refractivity contribution in [3.05, 3.63) is 144 Å². The van der Waals surface area contributed by atoms with E-state index in [4.69, 9.17) is 23.9 Å². The van der Waals surface area contributed by atoms with Gasteiger partial charge < -0.3 is 29.4 Å². The summed E-state index contributed by atoms with van der Waals surface area (Å²) in [6.07, 6.45) is -1.32. The second-order valence-electron chi connectivity index (χ2n) is 12.0. The average molecular weight is 656 g/mol. The van der Waals surface area contributed by atoms with Gasteiger partial charge in [-0.2, -0.15) is 0 Å². The highest BCUT2D eigenvalue weighted by atomic mass is 16.6. The highest BCUT2D eigenvalue weighted by molar-refractivity contribution is 6.06. The van der Waals surface area contributed by atoms with Gasteiger partial charge in [-0.05, 0) is 53.1 Å². The molecule has 8 rings (SSSR count). The summed E-state index contributed by atoms with van der Waals surface area (Å²) in [5.41, 5.74) is 2.59. The molecule has 4 aromatic carbocycles. The second kappa shape index (κ2) is 12.4. The minimum atomic E-state index is -1.22. The minimum Gasteiger partial charge on any atom is -0.497 e. The van der Waals surface area contributed by atoms with Crippen LogP contribution in [-0.4, -0.2) is 57.0 Å². The maximum Gasteiger partial charge on any atom is 0.256 e. The monoisotopic (exact) mass is 655 g/mol. The Morgan fingerprint density at radius 3 is 2.04 bits per heavy atom. The lowest BCUT2D eigenvalue weighted by Crippen LogP contribution is -2.42. The number of hydrogen-bond donors (Lipinski definition) is 2. The molecule has 11 nitrogen and oxygen atoms in total. The van der Waals surface area contributed by atoms with Crippen molar-refractivity contribution in [3.8, 4) is 11.5 Å². The molecular weight excluding hydrogens is 622 g/mol. The van der Waals surface area contributed by atoms with Gasteiger partial charge in [0.1, 0.15) is 47.7 Å². The summed E-state index contributed by atoms with van der Waals surface area (Å²) in [5.74, 6) is 1.83. The number of rotatable bonds is 9. The van der Waals surface area contributed by atoms with E-state index < -0.39 is 30.1 Å². The number of ether oxygens (including phenoxy) is 4. The number of amides is 1. The molecule has 4 heterocycles. The van der Waals surface area contributed by atoms with Crippen molar-refractivity contribution in [2.24, 2.45) is 0 Å². The number of anilines is 1. The fourth-order valence-electron chi connectivity index (χ4n) is 6.86. The van der Waals surface area contributed by atoms with E-state index in [2.05, 4.69) is 15.3 Å². The summed E-state index contributed by atoms with van der Waals surface area (Å²) >= 11 is 0. The van der Waals surface area contributed by atoms with Crippen LogP contribution < -0.4 is 14.8 Å². The fraction of sp³-hybridized carbons (Fsp3) is 0.211.